The molecule has 0 bridgehead atoms. The third kappa shape index (κ3) is 6.01. The summed E-state index contributed by atoms with van der Waals surface area (Å²) in [5.74, 6) is 0. The van der Waals surface area contributed by atoms with Gasteiger partial charge in [-0.1, -0.05) is 77.8 Å². The first-order chi connectivity index (χ1) is 11.2. The van der Waals surface area contributed by atoms with Crippen molar-refractivity contribution >= 4 is 5.57 Å². The van der Waals surface area contributed by atoms with E-state index in [9.17, 15) is 0 Å². The largest absolute Gasteiger partial charge is 0.0991 e. The van der Waals surface area contributed by atoms with E-state index in [1.807, 2.05) is 6.08 Å². The maximum Gasteiger partial charge on any atom is -0.0160 e. The summed E-state index contributed by atoms with van der Waals surface area (Å²) in [4.78, 5) is 0. The summed E-state index contributed by atoms with van der Waals surface area (Å²) in [6.07, 6.45) is 15.3. The minimum atomic E-state index is 1.12. The fraction of sp³-hybridized carbons (Fsp3) is 0.565. The van der Waals surface area contributed by atoms with E-state index >= 15 is 0 Å². The quantitative estimate of drug-likeness (QED) is 0.297. The average molecular weight is 313 g/mol. The molecule has 128 valence electrons. The van der Waals surface area contributed by atoms with E-state index in [2.05, 4.69) is 52.5 Å². The lowest BCUT2D eigenvalue weighted by Crippen LogP contribution is -2.02. The molecular weight excluding hydrogens is 276 g/mol. The highest BCUT2D eigenvalue weighted by Crippen LogP contribution is 2.30. The monoisotopic (exact) mass is 312 g/mol. The minimum Gasteiger partial charge on any atom is -0.0991 e. The molecule has 0 saturated heterocycles. The minimum absolute atomic E-state index is 1.12. The first-order valence-corrected chi connectivity index (χ1v) is 9.68. The maximum absolute atomic E-state index is 3.94. The van der Waals surface area contributed by atoms with Crippen LogP contribution in [0.2, 0.25) is 0 Å². The van der Waals surface area contributed by atoms with Crippen molar-refractivity contribution in [2.24, 2.45) is 0 Å². The van der Waals surface area contributed by atoms with Crippen LogP contribution >= 0.6 is 0 Å². The van der Waals surface area contributed by atoms with Gasteiger partial charge in [0.15, 0.2) is 0 Å². The molecule has 0 nitrogen and oxygen atoms in total. The Labute approximate surface area is 144 Å². The Morgan fingerprint density at radius 2 is 1.52 bits per heavy atom. The van der Waals surface area contributed by atoms with Crippen LogP contribution in [-0.4, -0.2) is 0 Å². The van der Waals surface area contributed by atoms with Gasteiger partial charge >= 0.3 is 0 Å². The van der Waals surface area contributed by atoms with Gasteiger partial charge in [-0.3, -0.25) is 0 Å². The van der Waals surface area contributed by atoms with E-state index in [0.29, 0.717) is 0 Å². The molecule has 0 saturated carbocycles. The van der Waals surface area contributed by atoms with E-state index in [4.69, 9.17) is 0 Å². The normalized spacial score (nSPS) is 11.7. The van der Waals surface area contributed by atoms with Gasteiger partial charge < -0.3 is 0 Å². The van der Waals surface area contributed by atoms with Crippen LogP contribution in [0.25, 0.3) is 5.57 Å². The highest BCUT2D eigenvalue weighted by Gasteiger charge is 2.13. The van der Waals surface area contributed by atoms with E-state index in [-0.39, 0.29) is 0 Å². The molecule has 0 unspecified atom stereocenters. The molecule has 23 heavy (non-hydrogen) atoms. The number of unbranched alkanes of at least 4 members (excludes halogenated alkanes) is 3. The maximum atomic E-state index is 3.94. The van der Waals surface area contributed by atoms with E-state index in [1.54, 1.807) is 0 Å². The molecule has 0 N–H and O–H groups in total. The standard InChI is InChI=1S/C23H36/c1-6-11-13-15-19-17-20(9-4)23(21(10-5)18-19)22(14-8-3)16-12-7-2/h8,14,17-18H,3,6-7,9-13,15-16H2,1-2,4-5H3/b22-14+. The van der Waals surface area contributed by atoms with E-state index in [1.165, 1.54) is 66.4 Å². The van der Waals surface area contributed by atoms with Gasteiger partial charge in [-0.15, -0.1) is 0 Å². The molecule has 0 heteroatoms. The molecule has 1 aromatic carbocycles. The van der Waals surface area contributed by atoms with Crippen LogP contribution in [0, 0.1) is 0 Å². The molecule has 0 spiro atoms. The van der Waals surface area contributed by atoms with Gasteiger partial charge in [0.1, 0.15) is 0 Å². The number of allylic oxidation sites excluding steroid dienone is 3. The van der Waals surface area contributed by atoms with Crippen molar-refractivity contribution in [3.05, 3.63) is 53.1 Å². The zero-order valence-corrected chi connectivity index (χ0v) is 15.9. The van der Waals surface area contributed by atoms with Crippen molar-refractivity contribution in [2.75, 3.05) is 0 Å². The van der Waals surface area contributed by atoms with Crippen molar-refractivity contribution in [3.63, 3.8) is 0 Å². The topological polar surface area (TPSA) is 0 Å². The number of rotatable bonds is 11. The number of benzene rings is 1. The SMILES string of the molecule is C=C/C=C(\CCCC)c1c(CC)cc(CCCCC)cc1CC. The Bertz CT molecular complexity index is 480. The van der Waals surface area contributed by atoms with Crippen LogP contribution < -0.4 is 0 Å². The number of hydrogen-bond acceptors (Lipinski definition) is 0. The highest BCUT2D eigenvalue weighted by atomic mass is 14.2. The molecule has 0 atom stereocenters. The summed E-state index contributed by atoms with van der Waals surface area (Å²) in [5.41, 5.74) is 7.59. The third-order valence-corrected chi connectivity index (χ3v) is 4.63. The summed E-state index contributed by atoms with van der Waals surface area (Å²) in [7, 11) is 0. The van der Waals surface area contributed by atoms with Crippen molar-refractivity contribution in [1.82, 2.24) is 0 Å². The summed E-state index contributed by atoms with van der Waals surface area (Å²) < 4.78 is 0. The van der Waals surface area contributed by atoms with Crippen molar-refractivity contribution in [3.8, 4) is 0 Å². The average Bonchev–Trinajstić information content (AvgIpc) is 2.58. The molecule has 0 aromatic heterocycles. The van der Waals surface area contributed by atoms with E-state index in [0.717, 1.165) is 19.3 Å². The second-order valence-corrected chi connectivity index (χ2v) is 6.48. The Kier molecular flexibility index (Phi) is 9.67. The van der Waals surface area contributed by atoms with Crippen LogP contribution in [0.4, 0.5) is 0 Å². The van der Waals surface area contributed by atoms with Gasteiger partial charge in [0.05, 0.1) is 0 Å². The first kappa shape index (κ1) is 19.7. The van der Waals surface area contributed by atoms with Crippen LogP contribution in [-0.2, 0) is 19.3 Å². The van der Waals surface area contributed by atoms with Crippen molar-refractivity contribution < 1.29 is 0 Å². The molecule has 1 aromatic rings. The van der Waals surface area contributed by atoms with Gasteiger partial charge in [0.2, 0.25) is 0 Å². The molecule has 0 heterocycles. The van der Waals surface area contributed by atoms with Gasteiger partial charge in [-0.2, -0.15) is 0 Å². The molecular formula is C23H36. The first-order valence-electron chi connectivity index (χ1n) is 9.68. The Hall–Kier alpha value is -1.30. The number of hydrogen-bond donors (Lipinski definition) is 0. The van der Waals surface area contributed by atoms with Gasteiger partial charge in [0, 0.05) is 0 Å². The Morgan fingerprint density at radius 1 is 0.913 bits per heavy atom. The van der Waals surface area contributed by atoms with Crippen LogP contribution in [0.15, 0.2) is 30.9 Å². The molecule has 0 fully saturated rings. The third-order valence-electron chi connectivity index (χ3n) is 4.63. The van der Waals surface area contributed by atoms with Gasteiger partial charge in [-0.05, 0) is 66.4 Å². The summed E-state index contributed by atoms with van der Waals surface area (Å²) in [6.45, 7) is 13.1. The van der Waals surface area contributed by atoms with Crippen molar-refractivity contribution in [2.45, 2.75) is 85.5 Å². The summed E-state index contributed by atoms with van der Waals surface area (Å²) in [5, 5.41) is 0. The zero-order chi connectivity index (χ0) is 17.1. The van der Waals surface area contributed by atoms with Crippen molar-refractivity contribution in [1.29, 1.82) is 0 Å². The second kappa shape index (κ2) is 11.3. The fourth-order valence-corrected chi connectivity index (χ4v) is 3.33. The molecule has 0 aliphatic heterocycles. The molecule has 0 aliphatic rings. The van der Waals surface area contributed by atoms with Crippen LogP contribution in [0.3, 0.4) is 0 Å². The smallest absolute Gasteiger partial charge is 0.0160 e. The zero-order valence-electron chi connectivity index (χ0n) is 15.9. The van der Waals surface area contributed by atoms with E-state index < -0.39 is 0 Å². The molecule has 0 radical (unpaired) electrons. The Balaban J connectivity index is 3.22. The second-order valence-electron chi connectivity index (χ2n) is 6.48. The lowest BCUT2D eigenvalue weighted by molar-refractivity contribution is 0.716. The fourth-order valence-electron chi connectivity index (χ4n) is 3.33. The van der Waals surface area contributed by atoms with Gasteiger partial charge in [-0.25, -0.2) is 0 Å². The van der Waals surface area contributed by atoms with Crippen LogP contribution in [0.5, 0.6) is 0 Å². The summed E-state index contributed by atoms with van der Waals surface area (Å²) in [6, 6.07) is 4.93. The number of aryl methyl sites for hydroxylation is 3. The Morgan fingerprint density at radius 3 is 2.00 bits per heavy atom. The molecule has 0 amide bonds. The highest BCUT2D eigenvalue weighted by molar-refractivity contribution is 5.72. The lowest BCUT2D eigenvalue weighted by atomic mass is 9.86. The lowest BCUT2D eigenvalue weighted by Gasteiger charge is -2.19. The molecule has 0 aliphatic carbocycles. The van der Waals surface area contributed by atoms with Crippen LogP contribution in [0.1, 0.15) is 88.5 Å². The summed E-state index contributed by atoms with van der Waals surface area (Å²) >= 11 is 0. The van der Waals surface area contributed by atoms with Gasteiger partial charge in [0.25, 0.3) is 0 Å². The predicted octanol–water partition coefficient (Wildman–Crippen LogP) is 7.30. The molecule has 1 rings (SSSR count). The predicted molar refractivity (Wildman–Crippen MR) is 106 cm³/mol.